The fourth-order valence-electron chi connectivity index (χ4n) is 5.90. The smallest absolute Gasteiger partial charge is 0.229 e. The van der Waals surface area contributed by atoms with Crippen LogP contribution in [0.25, 0.3) is 0 Å². The molecule has 42 heavy (non-hydrogen) atoms. The van der Waals surface area contributed by atoms with Crippen LogP contribution in [0.5, 0.6) is 5.75 Å². The highest BCUT2D eigenvalue weighted by atomic mass is 35.5. The summed E-state index contributed by atoms with van der Waals surface area (Å²) in [6.45, 7) is 14.8. The summed E-state index contributed by atoms with van der Waals surface area (Å²) in [6, 6.07) is 15.0. The summed E-state index contributed by atoms with van der Waals surface area (Å²) in [5.41, 5.74) is 2.63. The minimum atomic E-state index is -2.51. The van der Waals surface area contributed by atoms with Crippen LogP contribution in [-0.4, -0.2) is 91.6 Å². The van der Waals surface area contributed by atoms with Crippen LogP contribution in [-0.2, 0) is 4.57 Å². The first-order valence-corrected chi connectivity index (χ1v) is 17.7. The van der Waals surface area contributed by atoms with Gasteiger partial charge in [-0.05, 0) is 64.3 Å². The van der Waals surface area contributed by atoms with Crippen LogP contribution in [0, 0.1) is 0 Å². The second-order valence-corrected chi connectivity index (χ2v) is 15.4. The fraction of sp³-hybridized carbons (Fsp3) is 0.484. The Labute approximate surface area is 255 Å². The molecular weight excluding hydrogens is 569 g/mol. The van der Waals surface area contributed by atoms with Crippen molar-refractivity contribution in [2.75, 3.05) is 75.2 Å². The van der Waals surface area contributed by atoms with E-state index in [2.05, 4.69) is 61.3 Å². The van der Waals surface area contributed by atoms with Crippen molar-refractivity contribution < 1.29 is 9.30 Å². The van der Waals surface area contributed by atoms with E-state index in [1.807, 2.05) is 30.3 Å². The molecule has 1 aromatic heterocycles. The molecule has 0 saturated carbocycles. The molecule has 0 radical (unpaired) electrons. The van der Waals surface area contributed by atoms with Gasteiger partial charge in [0.25, 0.3) is 0 Å². The molecule has 2 N–H and O–H groups in total. The third-order valence-corrected chi connectivity index (χ3v) is 10.2. The van der Waals surface area contributed by atoms with E-state index in [0.717, 1.165) is 35.5 Å². The Morgan fingerprint density at radius 1 is 0.976 bits per heavy atom. The number of anilines is 5. The Hall–Kier alpha value is -2.84. The van der Waals surface area contributed by atoms with Crippen LogP contribution < -0.4 is 25.6 Å². The van der Waals surface area contributed by atoms with Gasteiger partial charge < -0.3 is 24.8 Å². The topological polar surface area (TPSA) is 85.9 Å². The summed E-state index contributed by atoms with van der Waals surface area (Å²) in [5.74, 6) is 1.52. The Bertz CT molecular complexity index is 1420. The summed E-state index contributed by atoms with van der Waals surface area (Å²) in [6.07, 6.45) is 3.90. The predicted octanol–water partition coefficient (Wildman–Crippen LogP) is 5.87. The molecule has 2 aliphatic rings. The van der Waals surface area contributed by atoms with Crippen LogP contribution in [0.3, 0.4) is 0 Å². The largest absolute Gasteiger partial charge is 0.494 e. The SMILES string of the molecule is COc1cc(N2CCC(N3CCN(C(C)C)CC3)CC2)ccc1Nc1ncc(Cl)c(Nc2ccccc2P(C)(C)=O)n1. The minimum absolute atomic E-state index is 0.366. The lowest BCUT2D eigenvalue weighted by Crippen LogP contribution is -2.54. The van der Waals surface area contributed by atoms with E-state index < -0.39 is 7.14 Å². The summed E-state index contributed by atoms with van der Waals surface area (Å²) in [5, 5.41) is 7.64. The maximum Gasteiger partial charge on any atom is 0.229 e. The first-order valence-electron chi connectivity index (χ1n) is 14.7. The van der Waals surface area contributed by atoms with E-state index in [1.54, 1.807) is 26.6 Å². The molecule has 2 aliphatic heterocycles. The fourth-order valence-corrected chi connectivity index (χ4v) is 7.19. The average molecular weight is 612 g/mol. The molecule has 226 valence electrons. The monoisotopic (exact) mass is 611 g/mol. The quantitative estimate of drug-likeness (QED) is 0.289. The Morgan fingerprint density at radius 2 is 1.69 bits per heavy atom. The van der Waals surface area contributed by atoms with E-state index in [4.69, 9.17) is 16.3 Å². The average Bonchev–Trinajstić information content (AvgIpc) is 2.99. The summed E-state index contributed by atoms with van der Waals surface area (Å²) in [7, 11) is -0.833. The van der Waals surface area contributed by atoms with Crippen molar-refractivity contribution in [1.82, 2.24) is 19.8 Å². The van der Waals surface area contributed by atoms with Gasteiger partial charge in [-0.25, -0.2) is 4.98 Å². The predicted molar refractivity (Wildman–Crippen MR) is 176 cm³/mol. The van der Waals surface area contributed by atoms with Gasteiger partial charge >= 0.3 is 0 Å². The second kappa shape index (κ2) is 13.2. The molecule has 0 amide bonds. The number of piperidine rings is 1. The lowest BCUT2D eigenvalue weighted by molar-refractivity contribution is 0.0692. The molecule has 2 saturated heterocycles. The van der Waals surface area contributed by atoms with Crippen molar-refractivity contribution in [1.29, 1.82) is 0 Å². The maximum absolute atomic E-state index is 12.8. The van der Waals surface area contributed by atoms with Gasteiger partial charge in [-0.1, -0.05) is 23.7 Å². The zero-order valence-electron chi connectivity index (χ0n) is 25.3. The van der Waals surface area contributed by atoms with Crippen molar-refractivity contribution in [3.05, 3.63) is 53.7 Å². The zero-order valence-corrected chi connectivity index (χ0v) is 27.0. The number of nitrogens with one attached hydrogen (secondary N) is 2. The highest BCUT2D eigenvalue weighted by molar-refractivity contribution is 7.70. The molecule has 11 heteroatoms. The van der Waals surface area contributed by atoms with Crippen LogP contribution in [0.1, 0.15) is 26.7 Å². The highest BCUT2D eigenvalue weighted by Gasteiger charge is 2.28. The standard InChI is InChI=1S/C31H43ClN7O2P/c1-22(2)37-16-18-39(19-17-37)23-12-14-38(15-13-23)24-10-11-26(28(20-24)41-3)35-31-33-21-25(32)30(36-31)34-27-8-6-7-9-29(27)42(4,5)40/h6-11,20-23H,12-19H2,1-5H3,(H2,33,34,35,36). The first kappa shape index (κ1) is 30.6. The van der Waals surface area contributed by atoms with Crippen LogP contribution >= 0.6 is 18.7 Å². The van der Waals surface area contributed by atoms with Gasteiger partial charge in [0.2, 0.25) is 5.95 Å². The number of nitrogens with zero attached hydrogens (tertiary/aromatic N) is 5. The summed E-state index contributed by atoms with van der Waals surface area (Å²) >= 11 is 6.44. The molecule has 3 heterocycles. The highest BCUT2D eigenvalue weighted by Crippen LogP contribution is 2.39. The van der Waals surface area contributed by atoms with Crippen molar-refractivity contribution in [3.63, 3.8) is 0 Å². The van der Waals surface area contributed by atoms with E-state index in [9.17, 15) is 4.57 Å². The number of piperazine rings is 1. The van der Waals surface area contributed by atoms with Gasteiger partial charge in [-0.3, -0.25) is 9.80 Å². The zero-order chi connectivity index (χ0) is 29.9. The lowest BCUT2D eigenvalue weighted by Gasteiger charge is -2.44. The van der Waals surface area contributed by atoms with E-state index in [0.29, 0.717) is 34.6 Å². The minimum Gasteiger partial charge on any atom is -0.494 e. The maximum atomic E-state index is 12.8. The molecule has 9 nitrogen and oxygen atoms in total. The Morgan fingerprint density at radius 3 is 2.36 bits per heavy atom. The molecule has 0 spiro atoms. The van der Waals surface area contributed by atoms with Crippen molar-refractivity contribution in [3.8, 4) is 5.75 Å². The van der Waals surface area contributed by atoms with Crippen molar-refractivity contribution in [2.24, 2.45) is 0 Å². The van der Waals surface area contributed by atoms with E-state index in [1.165, 1.54) is 39.0 Å². The number of benzene rings is 2. The van der Waals surface area contributed by atoms with Gasteiger partial charge in [0.05, 0.1) is 24.7 Å². The number of rotatable bonds is 9. The van der Waals surface area contributed by atoms with Crippen LogP contribution in [0.2, 0.25) is 5.02 Å². The number of hydrogen-bond acceptors (Lipinski definition) is 9. The normalized spacial score (nSPS) is 17.5. The Balaban J connectivity index is 1.24. The number of halogens is 1. The molecule has 0 aliphatic carbocycles. The molecule has 0 bridgehead atoms. The van der Waals surface area contributed by atoms with E-state index in [-0.39, 0.29) is 0 Å². The van der Waals surface area contributed by atoms with Crippen LogP contribution in [0.4, 0.5) is 28.8 Å². The molecule has 2 aromatic carbocycles. The van der Waals surface area contributed by atoms with E-state index >= 15 is 0 Å². The Kier molecular flexibility index (Phi) is 9.63. The van der Waals surface area contributed by atoms with Gasteiger partial charge in [-0.2, -0.15) is 4.98 Å². The summed E-state index contributed by atoms with van der Waals surface area (Å²) < 4.78 is 18.6. The van der Waals surface area contributed by atoms with Crippen molar-refractivity contribution in [2.45, 2.75) is 38.8 Å². The van der Waals surface area contributed by atoms with Gasteiger partial charge in [-0.15, -0.1) is 0 Å². The molecular formula is C31H43ClN7O2P. The molecule has 3 aromatic rings. The second-order valence-electron chi connectivity index (χ2n) is 11.8. The summed E-state index contributed by atoms with van der Waals surface area (Å²) in [4.78, 5) is 16.7. The third-order valence-electron chi connectivity index (χ3n) is 8.34. The van der Waals surface area contributed by atoms with Crippen molar-refractivity contribution >= 4 is 52.9 Å². The number of ether oxygens (including phenoxy) is 1. The number of methoxy groups -OCH3 is 1. The van der Waals surface area contributed by atoms with Gasteiger partial charge in [0.15, 0.2) is 5.82 Å². The molecule has 5 rings (SSSR count). The van der Waals surface area contributed by atoms with Gasteiger partial charge in [0, 0.05) is 68.4 Å². The molecule has 2 fully saturated rings. The molecule has 0 unspecified atom stereocenters. The number of aromatic nitrogens is 2. The first-order chi connectivity index (χ1) is 20.1. The third kappa shape index (κ3) is 7.20. The number of para-hydroxylation sites is 1. The van der Waals surface area contributed by atoms with Crippen LogP contribution in [0.15, 0.2) is 48.7 Å². The number of hydrogen-bond donors (Lipinski definition) is 2. The molecule has 0 atom stereocenters. The lowest BCUT2D eigenvalue weighted by atomic mass is 10.0. The van der Waals surface area contributed by atoms with Gasteiger partial charge in [0.1, 0.15) is 17.9 Å².